The van der Waals surface area contributed by atoms with Crippen molar-refractivity contribution in [3.8, 4) is 0 Å². The number of hydrogen-bond donors (Lipinski definition) is 2. The van der Waals surface area contributed by atoms with Crippen molar-refractivity contribution in [2.24, 2.45) is 10.7 Å². The zero-order valence-electron chi connectivity index (χ0n) is 10.9. The molecule has 0 aromatic carbocycles. The third kappa shape index (κ3) is 5.34. The summed E-state index contributed by atoms with van der Waals surface area (Å²) in [5.41, 5.74) is 5.73. The fraction of sp³-hybridized carbons (Fsp3) is 0.909. The van der Waals surface area contributed by atoms with Gasteiger partial charge in [0.25, 0.3) is 0 Å². The van der Waals surface area contributed by atoms with Gasteiger partial charge < -0.3 is 25.3 Å². The monoisotopic (exact) mass is 245 g/mol. The van der Waals surface area contributed by atoms with E-state index in [9.17, 15) is 0 Å². The van der Waals surface area contributed by atoms with Gasteiger partial charge in [0, 0.05) is 26.1 Å². The highest BCUT2D eigenvalue weighted by Gasteiger charge is 2.30. The van der Waals surface area contributed by atoms with Crippen LogP contribution in [0.15, 0.2) is 4.99 Å². The molecule has 1 unspecified atom stereocenters. The Morgan fingerprint density at radius 2 is 2.18 bits per heavy atom. The normalized spacial score (nSPS) is 21.5. The van der Waals surface area contributed by atoms with Crippen molar-refractivity contribution in [3.05, 3.63) is 0 Å². The molecule has 0 bridgehead atoms. The molecule has 0 radical (unpaired) electrons. The lowest BCUT2D eigenvalue weighted by molar-refractivity contribution is -0.144. The van der Waals surface area contributed by atoms with E-state index in [2.05, 4.69) is 10.3 Å². The Morgan fingerprint density at radius 3 is 2.76 bits per heavy atom. The van der Waals surface area contributed by atoms with Crippen LogP contribution in [-0.2, 0) is 14.2 Å². The van der Waals surface area contributed by atoms with Crippen molar-refractivity contribution in [1.29, 1.82) is 0 Å². The van der Waals surface area contributed by atoms with Crippen molar-refractivity contribution in [2.45, 2.75) is 32.1 Å². The second-order valence-electron chi connectivity index (χ2n) is 4.35. The third-order valence-electron chi connectivity index (χ3n) is 2.56. The van der Waals surface area contributed by atoms with E-state index >= 15 is 0 Å². The Labute approximate surface area is 103 Å². The molecule has 100 valence electrons. The van der Waals surface area contributed by atoms with Gasteiger partial charge >= 0.3 is 0 Å². The summed E-state index contributed by atoms with van der Waals surface area (Å²) in [7, 11) is 1.65. The Hall–Kier alpha value is -0.850. The van der Waals surface area contributed by atoms with Crippen LogP contribution in [-0.4, -0.2) is 51.3 Å². The van der Waals surface area contributed by atoms with Gasteiger partial charge in [0.05, 0.1) is 19.8 Å². The van der Waals surface area contributed by atoms with Gasteiger partial charge in [-0.15, -0.1) is 0 Å². The molecule has 1 atom stereocenters. The van der Waals surface area contributed by atoms with Gasteiger partial charge in [0.2, 0.25) is 0 Å². The van der Waals surface area contributed by atoms with E-state index in [1.54, 1.807) is 7.11 Å². The minimum Gasteiger partial charge on any atom is -0.383 e. The zero-order chi connectivity index (χ0) is 12.7. The highest BCUT2D eigenvalue weighted by atomic mass is 16.7. The number of nitrogens with one attached hydrogen (secondary N) is 1. The fourth-order valence-corrected chi connectivity index (χ4v) is 1.67. The first-order chi connectivity index (χ1) is 8.06. The number of aliphatic imine (C=N–C) groups is 1. The quantitative estimate of drug-likeness (QED) is 0.512. The molecule has 0 aromatic rings. The van der Waals surface area contributed by atoms with Gasteiger partial charge in [-0.25, -0.2) is 0 Å². The van der Waals surface area contributed by atoms with E-state index in [1.807, 2.05) is 13.8 Å². The average Bonchev–Trinajstić information content (AvgIpc) is 2.65. The SMILES string of the molecule is COCC(C)NC(N)=NCCC1(C)OCCO1. The molecule has 1 aliphatic rings. The first kappa shape index (κ1) is 14.2. The molecule has 6 nitrogen and oxygen atoms in total. The molecule has 1 rings (SSSR count). The van der Waals surface area contributed by atoms with Crippen molar-refractivity contribution < 1.29 is 14.2 Å². The van der Waals surface area contributed by atoms with E-state index < -0.39 is 5.79 Å². The van der Waals surface area contributed by atoms with Crippen LogP contribution >= 0.6 is 0 Å². The highest BCUT2D eigenvalue weighted by molar-refractivity contribution is 5.78. The molecule has 0 aliphatic carbocycles. The van der Waals surface area contributed by atoms with Crippen LogP contribution in [0, 0.1) is 0 Å². The lowest BCUT2D eigenvalue weighted by atomic mass is 10.2. The molecule has 17 heavy (non-hydrogen) atoms. The van der Waals surface area contributed by atoms with Gasteiger partial charge in [-0.05, 0) is 13.8 Å². The average molecular weight is 245 g/mol. The molecule has 0 aromatic heterocycles. The second kappa shape index (κ2) is 6.78. The van der Waals surface area contributed by atoms with Crippen molar-refractivity contribution in [2.75, 3.05) is 33.5 Å². The van der Waals surface area contributed by atoms with Gasteiger partial charge in [0.1, 0.15) is 0 Å². The topological polar surface area (TPSA) is 78.1 Å². The first-order valence-corrected chi connectivity index (χ1v) is 5.89. The summed E-state index contributed by atoms with van der Waals surface area (Å²) in [6.45, 7) is 6.38. The summed E-state index contributed by atoms with van der Waals surface area (Å²) in [6.07, 6.45) is 0.702. The minimum atomic E-state index is -0.498. The van der Waals surface area contributed by atoms with E-state index in [1.165, 1.54) is 0 Å². The van der Waals surface area contributed by atoms with Gasteiger partial charge in [-0.2, -0.15) is 0 Å². The molecule has 0 spiro atoms. The number of guanidine groups is 1. The van der Waals surface area contributed by atoms with E-state index in [0.29, 0.717) is 38.7 Å². The molecule has 1 fully saturated rings. The van der Waals surface area contributed by atoms with Crippen LogP contribution in [0.2, 0.25) is 0 Å². The number of nitrogens with zero attached hydrogens (tertiary/aromatic N) is 1. The zero-order valence-corrected chi connectivity index (χ0v) is 10.9. The Morgan fingerprint density at radius 1 is 1.53 bits per heavy atom. The third-order valence-corrected chi connectivity index (χ3v) is 2.56. The van der Waals surface area contributed by atoms with Crippen LogP contribution in [0.5, 0.6) is 0 Å². The summed E-state index contributed by atoms with van der Waals surface area (Å²) >= 11 is 0. The molecule has 1 heterocycles. The highest BCUT2D eigenvalue weighted by Crippen LogP contribution is 2.22. The van der Waals surface area contributed by atoms with Crippen molar-refractivity contribution >= 4 is 5.96 Å². The van der Waals surface area contributed by atoms with Crippen LogP contribution < -0.4 is 11.1 Å². The molecule has 6 heteroatoms. The minimum absolute atomic E-state index is 0.151. The molecule has 1 aliphatic heterocycles. The number of rotatable bonds is 6. The van der Waals surface area contributed by atoms with E-state index in [0.717, 1.165) is 0 Å². The Bertz CT molecular complexity index is 252. The van der Waals surface area contributed by atoms with Crippen LogP contribution in [0.3, 0.4) is 0 Å². The largest absolute Gasteiger partial charge is 0.383 e. The molecule has 0 amide bonds. The van der Waals surface area contributed by atoms with Gasteiger partial charge in [0.15, 0.2) is 11.7 Å². The predicted molar refractivity (Wildman–Crippen MR) is 65.9 cm³/mol. The van der Waals surface area contributed by atoms with E-state index in [4.69, 9.17) is 19.9 Å². The summed E-state index contributed by atoms with van der Waals surface area (Å²) in [6, 6.07) is 0.151. The van der Waals surface area contributed by atoms with Crippen LogP contribution in [0.4, 0.5) is 0 Å². The molecule has 1 saturated heterocycles. The number of nitrogens with two attached hydrogens (primary N) is 1. The van der Waals surface area contributed by atoms with Gasteiger partial charge in [-0.1, -0.05) is 0 Å². The molecular formula is C11H23N3O3. The number of hydrogen-bond acceptors (Lipinski definition) is 4. The summed E-state index contributed by atoms with van der Waals surface area (Å²) in [5.74, 6) is -0.0711. The maximum absolute atomic E-state index is 5.73. The Kier molecular flexibility index (Phi) is 5.67. The van der Waals surface area contributed by atoms with Crippen molar-refractivity contribution in [3.63, 3.8) is 0 Å². The maximum Gasteiger partial charge on any atom is 0.188 e. The summed E-state index contributed by atoms with van der Waals surface area (Å²) in [4.78, 5) is 4.22. The number of methoxy groups -OCH3 is 1. The fourth-order valence-electron chi connectivity index (χ4n) is 1.67. The number of ether oxygens (including phenoxy) is 3. The summed E-state index contributed by atoms with van der Waals surface area (Å²) in [5, 5.41) is 3.04. The van der Waals surface area contributed by atoms with Crippen LogP contribution in [0.25, 0.3) is 0 Å². The molecular weight excluding hydrogens is 222 g/mol. The molecule has 3 N–H and O–H groups in total. The van der Waals surface area contributed by atoms with Gasteiger partial charge in [-0.3, -0.25) is 4.99 Å². The van der Waals surface area contributed by atoms with Crippen molar-refractivity contribution in [1.82, 2.24) is 5.32 Å². The first-order valence-electron chi connectivity index (χ1n) is 5.89. The molecule has 0 saturated carbocycles. The smallest absolute Gasteiger partial charge is 0.188 e. The Balaban J connectivity index is 2.23. The lowest BCUT2D eigenvalue weighted by Crippen LogP contribution is -2.41. The predicted octanol–water partition coefficient (Wildman–Crippen LogP) is 0.0787. The summed E-state index contributed by atoms with van der Waals surface area (Å²) < 4.78 is 15.9. The standard InChI is InChI=1S/C11H23N3O3/c1-9(8-15-3)14-10(12)13-5-4-11(2)16-6-7-17-11/h9H,4-8H2,1-3H3,(H3,12,13,14). The second-order valence-corrected chi connectivity index (χ2v) is 4.35. The maximum atomic E-state index is 5.73. The lowest BCUT2D eigenvalue weighted by Gasteiger charge is -2.21. The van der Waals surface area contributed by atoms with E-state index in [-0.39, 0.29) is 6.04 Å². The van der Waals surface area contributed by atoms with Crippen LogP contribution in [0.1, 0.15) is 20.3 Å².